The summed E-state index contributed by atoms with van der Waals surface area (Å²) < 4.78 is 15.8. The Kier molecular flexibility index (Phi) is 20.5. The number of ketones is 1. The number of Topliss-reactive ketones (excluding diaryl/α,β-unsaturated/α-hetero) is 1. The fourth-order valence-corrected chi connectivity index (χ4v) is 5.08. The summed E-state index contributed by atoms with van der Waals surface area (Å²) in [6.07, 6.45) is 2.03. The van der Waals surface area contributed by atoms with E-state index in [0.29, 0.717) is 58.2 Å². The van der Waals surface area contributed by atoms with Crippen LogP contribution in [0.4, 0.5) is 14.4 Å². The molecule has 0 bridgehead atoms. The van der Waals surface area contributed by atoms with Gasteiger partial charge in [-0.1, -0.05) is 0 Å². The Balaban J connectivity index is -0.000000614. The number of carbonyl (C=O) groups is 4. The van der Waals surface area contributed by atoms with Gasteiger partial charge in [-0.3, -0.25) is 4.79 Å². The summed E-state index contributed by atoms with van der Waals surface area (Å²) in [4.78, 5) is 51.4. The van der Waals surface area contributed by atoms with Gasteiger partial charge < -0.3 is 40.6 Å². The second kappa shape index (κ2) is 20.2. The van der Waals surface area contributed by atoms with E-state index in [9.17, 15) is 29.4 Å². The SMILES string of the molecule is C[C@H]1CC(=O)CCN1C(=O)OC(C)(C)C.C[C@H]1C[C@@H](O)CCN1C(=O)OC(C)(C)C.C[C@H]1C[C@H](O)CCN1C(=O)OC(C)(C)C.[B].[H-].[Na+]. The molecule has 3 aliphatic rings. The quantitative estimate of drug-likeness (QED) is 0.291. The van der Waals surface area contributed by atoms with Gasteiger partial charge in [0.25, 0.3) is 0 Å². The van der Waals surface area contributed by atoms with Crippen LogP contribution in [0.2, 0.25) is 0 Å². The van der Waals surface area contributed by atoms with Gasteiger partial charge in [0, 0.05) is 59.0 Å². The van der Waals surface area contributed by atoms with Gasteiger partial charge in [-0.05, 0) is 109 Å². The van der Waals surface area contributed by atoms with Crippen molar-refractivity contribution in [3.63, 3.8) is 0 Å². The van der Waals surface area contributed by atoms with Gasteiger partial charge in [-0.2, -0.15) is 0 Å². The molecular weight excluding hydrogens is 616 g/mol. The van der Waals surface area contributed by atoms with E-state index in [4.69, 9.17) is 14.2 Å². The van der Waals surface area contributed by atoms with E-state index in [2.05, 4.69) is 0 Å². The third-order valence-corrected chi connectivity index (χ3v) is 7.27. The summed E-state index contributed by atoms with van der Waals surface area (Å²) in [5.41, 5.74) is -1.38. The minimum Gasteiger partial charge on any atom is -1.00 e. The van der Waals surface area contributed by atoms with Crippen LogP contribution in [0.5, 0.6) is 0 Å². The van der Waals surface area contributed by atoms with Crippen molar-refractivity contribution in [2.24, 2.45) is 0 Å². The Morgan fingerprint density at radius 2 is 0.936 bits per heavy atom. The first-order valence-electron chi connectivity index (χ1n) is 16.2. The third kappa shape index (κ3) is 19.3. The second-order valence-electron chi connectivity index (χ2n) is 15.4. The summed E-state index contributed by atoms with van der Waals surface area (Å²) >= 11 is 0. The van der Waals surface area contributed by atoms with Crippen molar-refractivity contribution in [2.45, 2.75) is 169 Å². The molecule has 3 aliphatic heterocycles. The van der Waals surface area contributed by atoms with E-state index in [1.807, 2.05) is 83.1 Å². The van der Waals surface area contributed by atoms with E-state index in [1.165, 1.54) is 0 Å². The number of likely N-dealkylation sites (tertiary alicyclic amines) is 3. The molecule has 3 rings (SSSR count). The molecule has 0 unspecified atom stereocenters. The molecule has 47 heavy (non-hydrogen) atoms. The van der Waals surface area contributed by atoms with Crippen LogP contribution in [0.1, 0.15) is 123 Å². The zero-order valence-corrected chi connectivity index (χ0v) is 33.4. The summed E-state index contributed by atoms with van der Waals surface area (Å²) in [7, 11) is 0. The minimum atomic E-state index is -0.474. The molecule has 2 N–H and O–H groups in total. The van der Waals surface area contributed by atoms with Gasteiger partial charge >= 0.3 is 47.8 Å². The van der Waals surface area contributed by atoms with E-state index < -0.39 is 16.8 Å². The summed E-state index contributed by atoms with van der Waals surface area (Å²) in [6.45, 7) is 24.0. The first kappa shape index (κ1) is 47.6. The molecular formula is C33H62BN3NaO9. The first-order chi connectivity index (χ1) is 20.4. The maximum atomic E-state index is 11.8. The van der Waals surface area contributed by atoms with E-state index in [0.717, 1.165) is 0 Å². The van der Waals surface area contributed by atoms with Crippen molar-refractivity contribution >= 4 is 32.5 Å². The molecule has 5 atom stereocenters. The van der Waals surface area contributed by atoms with Crippen molar-refractivity contribution in [1.29, 1.82) is 0 Å². The standard InChI is InChI=1S/2C11H21NO3.C11H19NO3.B.Na.H/c3*1-8-7-9(13)5-6-12(8)10(14)15-11(2,3)4;;;/h2*8-9,13H,5-7H2,1-4H3;8H,5-7H2,1-4H3;;;/q;;;;+1;-1/t8-,9+;8-,9-;8-;;;/m000.../s1. The molecule has 0 spiro atoms. The molecule has 0 aromatic rings. The van der Waals surface area contributed by atoms with Crippen molar-refractivity contribution in [1.82, 2.24) is 14.7 Å². The molecule has 0 aromatic heterocycles. The summed E-state index contributed by atoms with van der Waals surface area (Å²) in [6, 6.07) is 0.0771. The maximum absolute atomic E-state index is 11.8. The maximum Gasteiger partial charge on any atom is 1.00 e. The fourth-order valence-electron chi connectivity index (χ4n) is 5.08. The number of hydrogen-bond donors (Lipinski definition) is 2. The van der Waals surface area contributed by atoms with Crippen LogP contribution in [0.25, 0.3) is 0 Å². The third-order valence-electron chi connectivity index (χ3n) is 7.27. The molecule has 3 fully saturated rings. The number of carbonyl (C=O) groups excluding carboxylic acids is 4. The van der Waals surface area contributed by atoms with Crippen LogP contribution in [-0.2, 0) is 19.0 Å². The number of ether oxygens (including phenoxy) is 3. The van der Waals surface area contributed by atoms with Crippen molar-refractivity contribution in [2.75, 3.05) is 19.6 Å². The van der Waals surface area contributed by atoms with Gasteiger partial charge in [0.15, 0.2) is 0 Å². The number of nitrogens with zero attached hydrogens (tertiary/aromatic N) is 3. The molecule has 3 saturated heterocycles. The van der Waals surface area contributed by atoms with Crippen molar-refractivity contribution in [3.8, 4) is 0 Å². The Bertz CT molecular complexity index is 954. The Labute approximate surface area is 308 Å². The van der Waals surface area contributed by atoms with Crippen molar-refractivity contribution in [3.05, 3.63) is 0 Å². The Morgan fingerprint density at radius 3 is 1.19 bits per heavy atom. The zero-order chi connectivity index (χ0) is 34.9. The second-order valence-corrected chi connectivity index (χ2v) is 15.4. The topological polar surface area (TPSA) is 146 Å². The average Bonchev–Trinajstić information content (AvgIpc) is 2.81. The molecule has 267 valence electrons. The van der Waals surface area contributed by atoms with Crippen LogP contribution in [0, 0.1) is 0 Å². The van der Waals surface area contributed by atoms with Crippen LogP contribution in [0.15, 0.2) is 0 Å². The zero-order valence-electron chi connectivity index (χ0n) is 32.4. The van der Waals surface area contributed by atoms with Crippen LogP contribution >= 0.6 is 0 Å². The van der Waals surface area contributed by atoms with Crippen LogP contribution in [-0.4, -0.2) is 124 Å². The van der Waals surface area contributed by atoms with Gasteiger partial charge in [-0.25, -0.2) is 14.4 Å². The van der Waals surface area contributed by atoms with E-state index >= 15 is 0 Å². The number of aliphatic hydroxyl groups excluding tert-OH is 2. The van der Waals surface area contributed by atoms with E-state index in [-0.39, 0.29) is 93.8 Å². The smallest absolute Gasteiger partial charge is 1.00 e. The normalized spacial score (nSPS) is 24.9. The van der Waals surface area contributed by atoms with Gasteiger partial charge in [0.05, 0.1) is 12.2 Å². The summed E-state index contributed by atoms with van der Waals surface area (Å²) in [5, 5.41) is 18.9. The average molecular weight is 679 g/mol. The summed E-state index contributed by atoms with van der Waals surface area (Å²) in [5.74, 6) is 0.224. The van der Waals surface area contributed by atoms with Crippen molar-refractivity contribution < 1.29 is 74.6 Å². The number of rotatable bonds is 0. The molecule has 14 heteroatoms. The molecule has 0 aliphatic carbocycles. The van der Waals surface area contributed by atoms with E-state index in [1.54, 1.807) is 14.7 Å². The van der Waals surface area contributed by atoms with Crippen LogP contribution in [0.3, 0.4) is 0 Å². The molecule has 0 aromatic carbocycles. The molecule has 3 radical (unpaired) electrons. The van der Waals surface area contributed by atoms with Crippen LogP contribution < -0.4 is 29.6 Å². The Morgan fingerprint density at radius 1 is 0.638 bits per heavy atom. The largest absolute Gasteiger partial charge is 1.00 e. The molecule has 0 saturated carbocycles. The number of amides is 3. The Hall–Kier alpha value is -1.54. The van der Waals surface area contributed by atoms with Gasteiger partial charge in [0.2, 0.25) is 0 Å². The monoisotopic (exact) mass is 678 g/mol. The fraction of sp³-hybridized carbons (Fsp3) is 0.879. The number of hydrogen-bond acceptors (Lipinski definition) is 9. The predicted octanol–water partition coefficient (Wildman–Crippen LogP) is 2.24. The van der Waals surface area contributed by atoms with Gasteiger partial charge in [0.1, 0.15) is 22.6 Å². The molecule has 3 amide bonds. The predicted molar refractivity (Wildman–Crippen MR) is 179 cm³/mol. The first-order valence-corrected chi connectivity index (χ1v) is 16.2. The minimum absolute atomic E-state index is 0. The molecule has 12 nitrogen and oxygen atoms in total. The number of piperidine rings is 3. The van der Waals surface area contributed by atoms with Gasteiger partial charge in [-0.15, -0.1) is 0 Å². The molecule has 3 heterocycles. The number of aliphatic hydroxyl groups is 2.